The summed E-state index contributed by atoms with van der Waals surface area (Å²) in [5, 5.41) is 43.9. The third-order valence-corrected chi connectivity index (χ3v) is 23.5. The van der Waals surface area contributed by atoms with Crippen molar-refractivity contribution >= 4 is 59.6 Å². The van der Waals surface area contributed by atoms with Crippen LogP contribution in [-0.2, 0) is 76.4 Å². The average Bonchev–Trinajstić information content (AvgIpc) is 0.861. The highest BCUT2D eigenvalue weighted by Gasteiger charge is 2.37. The smallest absolute Gasteiger partial charge is 0.307 e. The molecule has 0 rings (SSSR count). The maximum atomic E-state index is 12.8. The van der Waals surface area contributed by atoms with E-state index in [2.05, 4.69) is 73.1 Å². The van der Waals surface area contributed by atoms with Gasteiger partial charge in [-0.25, -0.2) is 0 Å². The van der Waals surface area contributed by atoms with E-state index in [1.54, 1.807) is 27.7 Å². The molecular weight excluding hydrogens is 1650 g/mol. The molecule has 0 bridgehead atoms. The number of aliphatic hydroxyl groups excluding tert-OH is 2. The number of nitrogens with one attached hydrogen (secondary N) is 2. The lowest BCUT2D eigenvalue weighted by atomic mass is 9.87. The zero-order valence-electron chi connectivity index (χ0n) is 84.1. The molecule has 756 valence electrons. The number of aliphatic hydroxyl groups is 2. The number of hydrogen-bond donors (Lipinski definition) is 6. The number of carbonyl (C=O) groups is 10. The van der Waals surface area contributed by atoms with Crippen LogP contribution in [0.15, 0.2) is 48.6 Å². The van der Waals surface area contributed by atoms with Crippen LogP contribution in [0.3, 0.4) is 0 Å². The highest BCUT2D eigenvalue weighted by molar-refractivity contribution is 5.83. The number of amides is 2. The lowest BCUT2D eigenvalue weighted by Gasteiger charge is -2.29. The van der Waals surface area contributed by atoms with Gasteiger partial charge in [0.2, 0.25) is 11.8 Å². The Bertz CT molecular complexity index is 2910. The molecule has 130 heavy (non-hydrogen) atoms. The Morgan fingerprint density at radius 3 is 0.815 bits per heavy atom. The van der Waals surface area contributed by atoms with Crippen LogP contribution < -0.4 is 10.6 Å². The normalized spacial score (nSPS) is 12.8. The van der Waals surface area contributed by atoms with Crippen molar-refractivity contribution < 1.29 is 96.8 Å². The first-order valence-electron chi connectivity index (χ1n) is 51.8. The van der Waals surface area contributed by atoms with Gasteiger partial charge in [-0.1, -0.05) is 302 Å². The summed E-state index contributed by atoms with van der Waals surface area (Å²) in [5.74, 6) is -5.08. The SMILES string of the molecule is CCCCCCCC/C=C\CCCCCCCC(=O)OCC(COC(=O)CCNC(=O)C(O)C(C)(C)COC(=O)CCN(C)C)OC(=O)CCCCCCC/C=C\CCCCCCCC.CN(C)CCC(=O)OCC(C)(C)C(O)C(=O)NCCC(=O)OCC(CCCCCCCC/C=C\CCCCCCCC(=O)O)CCCCCCCCC/C=C\CCCCCCCC(=O)O. The van der Waals surface area contributed by atoms with Crippen LogP contribution in [0, 0.1) is 16.7 Å². The van der Waals surface area contributed by atoms with Crippen LogP contribution in [0.5, 0.6) is 0 Å². The summed E-state index contributed by atoms with van der Waals surface area (Å²) in [6, 6.07) is 0. The first-order chi connectivity index (χ1) is 62.6. The molecule has 0 aromatic carbocycles. The molecular formula is C106H192N4O20. The van der Waals surface area contributed by atoms with Crippen LogP contribution in [0.4, 0.5) is 0 Å². The Kier molecular flexibility index (Phi) is 87.2. The Morgan fingerprint density at radius 1 is 0.292 bits per heavy atom. The summed E-state index contributed by atoms with van der Waals surface area (Å²) in [4.78, 5) is 125. The minimum absolute atomic E-state index is 0.0177. The van der Waals surface area contributed by atoms with Crippen molar-refractivity contribution in [3.63, 3.8) is 0 Å². The van der Waals surface area contributed by atoms with E-state index in [1.165, 1.54) is 180 Å². The number of esters is 6. The predicted molar refractivity (Wildman–Crippen MR) is 525 cm³/mol. The summed E-state index contributed by atoms with van der Waals surface area (Å²) in [5.41, 5.74) is -2.06. The van der Waals surface area contributed by atoms with E-state index in [-0.39, 0.29) is 109 Å². The van der Waals surface area contributed by atoms with E-state index < -0.39 is 70.8 Å². The maximum Gasteiger partial charge on any atom is 0.307 e. The second-order valence-electron chi connectivity index (χ2n) is 38.1. The number of hydrogen-bond acceptors (Lipinski definition) is 20. The van der Waals surface area contributed by atoms with Gasteiger partial charge < -0.3 is 69.3 Å². The number of carbonyl (C=O) groups excluding carboxylic acids is 8. The molecule has 0 aliphatic heterocycles. The van der Waals surface area contributed by atoms with E-state index in [1.807, 2.05) is 38.0 Å². The summed E-state index contributed by atoms with van der Waals surface area (Å²) in [6.07, 6.45) is 78.7. The molecule has 0 saturated carbocycles. The second kappa shape index (κ2) is 90.3. The molecule has 24 heteroatoms. The zero-order chi connectivity index (χ0) is 96.5. The van der Waals surface area contributed by atoms with Gasteiger partial charge in [0.05, 0.1) is 45.5 Å². The average molecular weight is 1840 g/mol. The van der Waals surface area contributed by atoms with Gasteiger partial charge in [-0.05, 0) is 175 Å². The summed E-state index contributed by atoms with van der Waals surface area (Å²) in [6.45, 7) is 11.6. The largest absolute Gasteiger partial charge is 0.481 e. The van der Waals surface area contributed by atoms with Gasteiger partial charge in [0.15, 0.2) is 6.10 Å². The molecule has 0 aromatic heterocycles. The van der Waals surface area contributed by atoms with Gasteiger partial charge in [-0.15, -0.1) is 0 Å². The zero-order valence-corrected chi connectivity index (χ0v) is 84.1. The molecule has 0 radical (unpaired) electrons. The van der Waals surface area contributed by atoms with E-state index >= 15 is 0 Å². The Balaban J connectivity index is 0. The van der Waals surface area contributed by atoms with Gasteiger partial charge in [0.25, 0.3) is 0 Å². The third kappa shape index (κ3) is 88.1. The van der Waals surface area contributed by atoms with E-state index in [0.717, 1.165) is 161 Å². The summed E-state index contributed by atoms with van der Waals surface area (Å²) in [7, 11) is 7.41. The van der Waals surface area contributed by atoms with Gasteiger partial charge in [0, 0.05) is 62.7 Å². The molecule has 0 spiro atoms. The second-order valence-corrected chi connectivity index (χ2v) is 38.1. The number of nitrogens with zero attached hydrogens (tertiary/aromatic N) is 2. The van der Waals surface area contributed by atoms with Gasteiger partial charge in [-0.3, -0.25) is 47.9 Å². The summed E-state index contributed by atoms with van der Waals surface area (Å²) >= 11 is 0. The van der Waals surface area contributed by atoms with Crippen LogP contribution >= 0.6 is 0 Å². The third-order valence-electron chi connectivity index (χ3n) is 23.5. The van der Waals surface area contributed by atoms with Crippen molar-refractivity contribution in [3.8, 4) is 0 Å². The van der Waals surface area contributed by atoms with Gasteiger partial charge in [0.1, 0.15) is 25.4 Å². The Hall–Kier alpha value is -6.50. The van der Waals surface area contributed by atoms with Crippen molar-refractivity contribution in [3.05, 3.63) is 48.6 Å². The number of rotatable bonds is 92. The molecule has 0 aliphatic carbocycles. The molecule has 4 atom stereocenters. The number of carboxylic acid groups (broad SMARTS) is 2. The van der Waals surface area contributed by atoms with Crippen molar-refractivity contribution in [1.82, 2.24) is 20.4 Å². The molecule has 0 heterocycles. The lowest BCUT2D eigenvalue weighted by molar-refractivity contribution is -0.167. The number of carboxylic acids is 2. The predicted octanol–water partition coefficient (Wildman–Crippen LogP) is 23.4. The first kappa shape index (κ1) is 126. The number of aliphatic carboxylic acids is 2. The van der Waals surface area contributed by atoms with Crippen LogP contribution in [0.1, 0.15) is 446 Å². The monoisotopic (exact) mass is 1840 g/mol. The van der Waals surface area contributed by atoms with Crippen LogP contribution in [0.2, 0.25) is 0 Å². The van der Waals surface area contributed by atoms with Crippen molar-refractivity contribution in [2.45, 2.75) is 464 Å². The highest BCUT2D eigenvalue weighted by atomic mass is 16.6. The minimum Gasteiger partial charge on any atom is -0.481 e. The van der Waals surface area contributed by atoms with Gasteiger partial charge in [-0.2, -0.15) is 0 Å². The fourth-order valence-corrected chi connectivity index (χ4v) is 14.7. The van der Waals surface area contributed by atoms with E-state index in [9.17, 15) is 58.2 Å². The first-order valence-corrected chi connectivity index (χ1v) is 51.8. The lowest BCUT2D eigenvalue weighted by Crippen LogP contribution is -2.46. The fourth-order valence-electron chi connectivity index (χ4n) is 14.7. The Labute approximate surface area is 789 Å². The number of allylic oxidation sites excluding steroid dienone is 8. The Morgan fingerprint density at radius 2 is 0.531 bits per heavy atom. The number of unbranched alkanes of at least 4 members (excludes halogenated alkanes) is 45. The van der Waals surface area contributed by atoms with Crippen LogP contribution in [0.25, 0.3) is 0 Å². The standard InChI is InChI=1S/2C53H96N2O10/c1-7-9-11-13-15-17-19-21-23-25-27-29-31-33-35-37-47(56)62-43-46(65-50(59)38-36-34-32-30-28-26-24-22-20-18-16-14-12-10-8-2)44-63-48(57)39-41-54-52(61)51(60)53(3,4)45-64-49(58)40-42-55(5)6;1-53(2,45-65-50(61)41-43-55(3)4)51(62)52(63)54-42-40-49(60)64-44-46(37-33-29-25-21-17-13-9-7-11-15-19-23-27-31-35-39-48(58)59)36-32-28-24-20-16-12-8-5-6-10-14-18-22-26-30-34-38-47(56)57/h21-24,46,51,60H,7-20,25-45H2,1-6H3,(H,54,61);6-7,10-11,46,51,62H,5,8-9,12-45H2,1-4H3,(H,54,63)(H,56,57)(H,58,59)/b23-21-,24-22-;10-6-,11-7-. The molecule has 0 saturated heterocycles. The molecule has 4 unspecified atom stereocenters. The number of ether oxygens (including phenoxy) is 6. The van der Waals surface area contributed by atoms with Crippen molar-refractivity contribution in [1.29, 1.82) is 0 Å². The topological polar surface area (TPSA) is 338 Å². The molecule has 24 nitrogen and oxygen atoms in total. The molecule has 0 aliphatic rings. The molecule has 6 N–H and O–H groups in total. The fraction of sp³-hybridized carbons (Fsp3) is 0.830. The van der Waals surface area contributed by atoms with E-state index in [4.69, 9.17) is 38.6 Å². The summed E-state index contributed by atoms with van der Waals surface area (Å²) < 4.78 is 32.8. The highest BCUT2D eigenvalue weighted by Crippen LogP contribution is 2.26. The molecule has 0 aromatic rings. The maximum absolute atomic E-state index is 12.8. The van der Waals surface area contributed by atoms with Crippen molar-refractivity contribution in [2.75, 3.05) is 87.4 Å². The van der Waals surface area contributed by atoms with Gasteiger partial charge >= 0.3 is 47.8 Å². The quantitative estimate of drug-likeness (QED) is 0.0143. The molecule has 0 fully saturated rings. The minimum atomic E-state index is -1.49. The van der Waals surface area contributed by atoms with Crippen molar-refractivity contribution in [2.24, 2.45) is 16.7 Å². The van der Waals surface area contributed by atoms with E-state index in [0.29, 0.717) is 38.5 Å². The van der Waals surface area contributed by atoms with Crippen LogP contribution in [-0.4, -0.2) is 196 Å². The molecule has 2 amide bonds.